The van der Waals surface area contributed by atoms with E-state index in [2.05, 4.69) is 36.6 Å². The zero-order valence-electron chi connectivity index (χ0n) is 11.1. The van der Waals surface area contributed by atoms with Crippen LogP contribution in [0.1, 0.15) is 26.7 Å². The van der Waals surface area contributed by atoms with Crippen molar-refractivity contribution < 1.29 is 4.79 Å². The first-order chi connectivity index (χ1) is 8.66. The molecule has 2 N–H and O–H groups in total. The summed E-state index contributed by atoms with van der Waals surface area (Å²) in [5.41, 5.74) is 1.11. The van der Waals surface area contributed by atoms with Crippen molar-refractivity contribution in [1.29, 1.82) is 0 Å². The maximum atomic E-state index is 11.6. The number of carbonyl (C=O) groups is 1. The fourth-order valence-corrected chi connectivity index (χ4v) is 1.90. The molecule has 2 rings (SSSR count). The van der Waals surface area contributed by atoms with E-state index in [1.165, 1.54) is 0 Å². The second-order valence-electron chi connectivity index (χ2n) is 5.38. The van der Waals surface area contributed by atoms with Gasteiger partial charge in [-0.05, 0) is 30.9 Å². The third kappa shape index (κ3) is 3.76. The quantitative estimate of drug-likeness (QED) is 0.810. The molecule has 0 aliphatic heterocycles. The molecule has 0 radical (unpaired) electrons. The molecule has 18 heavy (non-hydrogen) atoms. The van der Waals surface area contributed by atoms with Crippen LogP contribution in [0.15, 0.2) is 30.3 Å². The van der Waals surface area contributed by atoms with E-state index in [1.54, 1.807) is 0 Å². The molecule has 0 bridgehead atoms. The van der Waals surface area contributed by atoms with E-state index in [1.807, 2.05) is 18.2 Å². The van der Waals surface area contributed by atoms with Crippen LogP contribution in [0.4, 0.5) is 5.69 Å². The largest absolute Gasteiger partial charge is 0.380 e. The van der Waals surface area contributed by atoms with E-state index < -0.39 is 0 Å². The van der Waals surface area contributed by atoms with Gasteiger partial charge in [-0.3, -0.25) is 4.79 Å². The Bertz CT molecular complexity index is 385. The lowest BCUT2D eigenvalue weighted by atomic mass is 10.0. The predicted molar refractivity (Wildman–Crippen MR) is 74.4 cm³/mol. The lowest BCUT2D eigenvalue weighted by Gasteiger charge is -2.24. The Morgan fingerprint density at radius 2 is 1.94 bits per heavy atom. The lowest BCUT2D eigenvalue weighted by molar-refractivity contribution is -0.122. The Hall–Kier alpha value is -1.51. The summed E-state index contributed by atoms with van der Waals surface area (Å²) in [5.74, 6) is 0.981. The Kier molecular flexibility index (Phi) is 4.24. The van der Waals surface area contributed by atoms with E-state index in [0.29, 0.717) is 12.5 Å². The number of benzene rings is 1. The second kappa shape index (κ2) is 5.89. The monoisotopic (exact) mass is 246 g/mol. The van der Waals surface area contributed by atoms with Gasteiger partial charge in [0.15, 0.2) is 0 Å². The van der Waals surface area contributed by atoms with Gasteiger partial charge in [0.05, 0.1) is 0 Å². The fourth-order valence-electron chi connectivity index (χ4n) is 1.90. The Morgan fingerprint density at radius 1 is 1.28 bits per heavy atom. The van der Waals surface area contributed by atoms with Crippen LogP contribution in [0.25, 0.3) is 0 Å². The maximum absolute atomic E-state index is 11.6. The number of anilines is 1. The van der Waals surface area contributed by atoms with Gasteiger partial charge in [0, 0.05) is 24.2 Å². The molecule has 1 atom stereocenters. The van der Waals surface area contributed by atoms with Gasteiger partial charge in [-0.25, -0.2) is 0 Å². The highest BCUT2D eigenvalue weighted by Crippen LogP contribution is 2.28. The minimum absolute atomic E-state index is 0.218. The summed E-state index contributed by atoms with van der Waals surface area (Å²) in [6, 6.07) is 10.4. The molecule has 0 saturated heterocycles. The molecule has 1 aliphatic carbocycles. The summed E-state index contributed by atoms with van der Waals surface area (Å²) in [6.45, 7) is 5.04. The Labute approximate surface area is 109 Å². The van der Waals surface area contributed by atoms with Gasteiger partial charge < -0.3 is 10.6 Å². The van der Waals surface area contributed by atoms with E-state index in [9.17, 15) is 4.79 Å². The summed E-state index contributed by atoms with van der Waals surface area (Å²) in [7, 11) is 0. The number of carbonyl (C=O) groups excluding carboxylic acids is 1. The average molecular weight is 246 g/mol. The van der Waals surface area contributed by atoms with Crippen molar-refractivity contribution in [2.75, 3.05) is 11.9 Å². The minimum atomic E-state index is 0.218. The smallest absolute Gasteiger partial charge is 0.223 e. The van der Waals surface area contributed by atoms with Crippen LogP contribution < -0.4 is 10.6 Å². The molecule has 1 unspecified atom stereocenters. The van der Waals surface area contributed by atoms with Crippen LogP contribution >= 0.6 is 0 Å². The zero-order valence-corrected chi connectivity index (χ0v) is 11.1. The number of amides is 1. The number of hydrogen-bond acceptors (Lipinski definition) is 2. The molecular formula is C15H22N2O. The summed E-state index contributed by atoms with van der Waals surface area (Å²) in [5, 5.41) is 6.52. The average Bonchev–Trinajstić information content (AvgIpc) is 3.19. The van der Waals surface area contributed by atoms with Crippen molar-refractivity contribution in [3.63, 3.8) is 0 Å². The summed E-state index contributed by atoms with van der Waals surface area (Å²) >= 11 is 0. The van der Waals surface area contributed by atoms with E-state index in [4.69, 9.17) is 0 Å². The molecule has 0 heterocycles. The zero-order chi connectivity index (χ0) is 13.0. The van der Waals surface area contributed by atoms with E-state index >= 15 is 0 Å². The maximum Gasteiger partial charge on any atom is 0.223 e. The van der Waals surface area contributed by atoms with Crippen LogP contribution in [0.3, 0.4) is 0 Å². The number of rotatable bonds is 6. The molecular weight excluding hydrogens is 224 g/mol. The molecule has 1 saturated carbocycles. The molecule has 98 valence electrons. The van der Waals surface area contributed by atoms with Crippen molar-refractivity contribution in [3.8, 4) is 0 Å². The first-order valence-corrected chi connectivity index (χ1v) is 6.76. The summed E-state index contributed by atoms with van der Waals surface area (Å²) in [4.78, 5) is 11.6. The van der Waals surface area contributed by atoms with Crippen LogP contribution in [0, 0.1) is 11.8 Å². The fraction of sp³-hybridized carbons (Fsp3) is 0.533. The van der Waals surface area contributed by atoms with Crippen molar-refractivity contribution in [2.45, 2.75) is 32.7 Å². The minimum Gasteiger partial charge on any atom is -0.380 e. The summed E-state index contributed by atoms with van der Waals surface area (Å²) in [6.07, 6.45) is 2.12. The number of nitrogens with one attached hydrogen (secondary N) is 2. The van der Waals surface area contributed by atoms with Gasteiger partial charge in [-0.15, -0.1) is 0 Å². The van der Waals surface area contributed by atoms with Gasteiger partial charge >= 0.3 is 0 Å². The molecule has 1 amide bonds. The molecule has 1 aliphatic rings. The van der Waals surface area contributed by atoms with E-state index in [-0.39, 0.29) is 17.9 Å². The SMILES string of the molecule is CC(C)C(CNC(=O)C1CC1)Nc1ccccc1. The third-order valence-electron chi connectivity index (χ3n) is 3.37. The molecule has 3 nitrogen and oxygen atoms in total. The predicted octanol–water partition coefficient (Wildman–Crippen LogP) is 2.65. The van der Waals surface area contributed by atoms with Crippen LogP contribution in [0.2, 0.25) is 0 Å². The standard InChI is InChI=1S/C15H22N2O/c1-11(2)14(10-16-15(18)12-8-9-12)17-13-6-4-3-5-7-13/h3-7,11-12,14,17H,8-10H2,1-2H3,(H,16,18). The first-order valence-electron chi connectivity index (χ1n) is 6.76. The molecule has 1 aromatic rings. The Morgan fingerprint density at radius 3 is 2.50 bits per heavy atom. The Balaban J connectivity index is 1.85. The van der Waals surface area contributed by atoms with Crippen molar-refractivity contribution in [2.24, 2.45) is 11.8 Å². The highest BCUT2D eigenvalue weighted by molar-refractivity contribution is 5.80. The van der Waals surface area contributed by atoms with Gasteiger partial charge in [0.2, 0.25) is 5.91 Å². The molecule has 1 fully saturated rings. The van der Waals surface area contributed by atoms with Crippen molar-refractivity contribution in [3.05, 3.63) is 30.3 Å². The van der Waals surface area contributed by atoms with Gasteiger partial charge in [0.1, 0.15) is 0 Å². The van der Waals surface area contributed by atoms with E-state index in [0.717, 1.165) is 18.5 Å². The molecule has 0 aromatic heterocycles. The van der Waals surface area contributed by atoms with Crippen molar-refractivity contribution in [1.82, 2.24) is 5.32 Å². The normalized spacial score (nSPS) is 16.4. The first kappa shape index (κ1) is 12.9. The van der Waals surface area contributed by atoms with Crippen molar-refractivity contribution >= 4 is 11.6 Å². The number of hydrogen-bond donors (Lipinski definition) is 2. The lowest BCUT2D eigenvalue weighted by Crippen LogP contribution is -2.40. The van der Waals surface area contributed by atoms with Crippen LogP contribution in [-0.2, 0) is 4.79 Å². The number of para-hydroxylation sites is 1. The molecule has 0 spiro atoms. The van der Waals surface area contributed by atoms with Gasteiger partial charge in [0.25, 0.3) is 0 Å². The third-order valence-corrected chi connectivity index (χ3v) is 3.37. The molecule has 3 heteroatoms. The van der Waals surface area contributed by atoms with Gasteiger partial charge in [-0.2, -0.15) is 0 Å². The van der Waals surface area contributed by atoms with Crippen LogP contribution in [-0.4, -0.2) is 18.5 Å². The summed E-state index contributed by atoms with van der Waals surface area (Å²) < 4.78 is 0. The van der Waals surface area contributed by atoms with Crippen LogP contribution in [0.5, 0.6) is 0 Å². The topological polar surface area (TPSA) is 41.1 Å². The highest BCUT2D eigenvalue weighted by atomic mass is 16.2. The second-order valence-corrected chi connectivity index (χ2v) is 5.38. The molecule has 1 aromatic carbocycles. The van der Waals surface area contributed by atoms with Gasteiger partial charge in [-0.1, -0.05) is 32.0 Å². The highest BCUT2D eigenvalue weighted by Gasteiger charge is 2.29.